The minimum Gasteiger partial charge on any atom is -0.340 e. The average Bonchev–Trinajstić information content (AvgIpc) is 2.38. The van der Waals surface area contributed by atoms with E-state index in [4.69, 9.17) is 0 Å². The van der Waals surface area contributed by atoms with Crippen molar-refractivity contribution in [2.24, 2.45) is 0 Å². The summed E-state index contributed by atoms with van der Waals surface area (Å²) in [6.07, 6.45) is 4.95. The summed E-state index contributed by atoms with van der Waals surface area (Å²) in [6, 6.07) is 3.92. The number of nitrogens with one attached hydrogen (secondary N) is 1. The van der Waals surface area contributed by atoms with Crippen molar-refractivity contribution in [1.29, 1.82) is 0 Å². The second kappa shape index (κ2) is 5.61. The van der Waals surface area contributed by atoms with Gasteiger partial charge >= 0.3 is 0 Å². The smallest absolute Gasteiger partial charge is 0.222 e. The van der Waals surface area contributed by atoms with E-state index in [0.29, 0.717) is 6.42 Å². The van der Waals surface area contributed by atoms with Crippen molar-refractivity contribution in [3.63, 3.8) is 0 Å². The molecular weight excluding hydrogens is 202 g/mol. The maximum Gasteiger partial charge on any atom is 0.222 e. The molecule has 0 bridgehead atoms. The number of piperazine rings is 1. The highest BCUT2D eigenvalue weighted by Crippen LogP contribution is 2.04. The summed E-state index contributed by atoms with van der Waals surface area (Å²) in [7, 11) is 0. The number of carbonyl (C=O) groups is 1. The molecule has 1 amide bonds. The topological polar surface area (TPSA) is 45.2 Å². The molecule has 1 aromatic heterocycles. The molecule has 0 radical (unpaired) electrons. The number of amides is 1. The molecule has 2 rings (SSSR count). The summed E-state index contributed by atoms with van der Waals surface area (Å²) < 4.78 is 0. The van der Waals surface area contributed by atoms with Gasteiger partial charge in [0.05, 0.1) is 0 Å². The zero-order valence-corrected chi connectivity index (χ0v) is 9.35. The van der Waals surface area contributed by atoms with Crippen LogP contribution in [0.4, 0.5) is 0 Å². The lowest BCUT2D eigenvalue weighted by Gasteiger charge is -2.27. The lowest BCUT2D eigenvalue weighted by Crippen LogP contribution is -2.46. The van der Waals surface area contributed by atoms with Crippen LogP contribution in [0.3, 0.4) is 0 Å². The molecule has 0 unspecified atom stereocenters. The third kappa shape index (κ3) is 3.03. The van der Waals surface area contributed by atoms with Gasteiger partial charge in [-0.25, -0.2) is 0 Å². The molecule has 0 saturated carbocycles. The first-order valence-electron chi connectivity index (χ1n) is 5.73. The highest BCUT2D eigenvalue weighted by molar-refractivity contribution is 5.76. The third-order valence-electron chi connectivity index (χ3n) is 2.82. The Morgan fingerprint density at radius 3 is 2.94 bits per heavy atom. The van der Waals surface area contributed by atoms with E-state index in [1.165, 1.54) is 0 Å². The van der Waals surface area contributed by atoms with Crippen LogP contribution in [0.2, 0.25) is 0 Å². The predicted octanol–water partition coefficient (Wildman–Crippen LogP) is 0.446. The fourth-order valence-electron chi connectivity index (χ4n) is 1.87. The summed E-state index contributed by atoms with van der Waals surface area (Å²) in [5.74, 6) is 0.255. The van der Waals surface area contributed by atoms with Crippen LogP contribution in [0.15, 0.2) is 24.5 Å². The SMILES string of the molecule is O=C(CCc1cccnc1)N1CCNCC1. The normalized spacial score (nSPS) is 16.1. The molecule has 0 spiro atoms. The van der Waals surface area contributed by atoms with Gasteiger partial charge < -0.3 is 10.2 Å². The lowest BCUT2D eigenvalue weighted by molar-refractivity contribution is -0.131. The van der Waals surface area contributed by atoms with Crippen LogP contribution in [0.1, 0.15) is 12.0 Å². The standard InChI is InChI=1S/C12H17N3O/c16-12(15-8-6-13-7-9-15)4-3-11-2-1-5-14-10-11/h1-2,5,10,13H,3-4,6-9H2. The Morgan fingerprint density at radius 2 is 2.25 bits per heavy atom. The van der Waals surface area contributed by atoms with E-state index in [2.05, 4.69) is 10.3 Å². The first kappa shape index (κ1) is 11.1. The van der Waals surface area contributed by atoms with E-state index in [0.717, 1.165) is 38.2 Å². The van der Waals surface area contributed by atoms with Crippen molar-refractivity contribution in [3.8, 4) is 0 Å². The van der Waals surface area contributed by atoms with E-state index < -0.39 is 0 Å². The first-order valence-corrected chi connectivity index (χ1v) is 5.73. The van der Waals surface area contributed by atoms with E-state index in [9.17, 15) is 4.79 Å². The van der Waals surface area contributed by atoms with Gasteiger partial charge in [0, 0.05) is 45.0 Å². The van der Waals surface area contributed by atoms with E-state index in [1.807, 2.05) is 23.2 Å². The lowest BCUT2D eigenvalue weighted by atomic mass is 10.1. The van der Waals surface area contributed by atoms with Gasteiger partial charge in [0.15, 0.2) is 0 Å². The molecule has 1 saturated heterocycles. The monoisotopic (exact) mass is 219 g/mol. The Labute approximate surface area is 95.7 Å². The maximum absolute atomic E-state index is 11.8. The molecule has 0 aromatic carbocycles. The fraction of sp³-hybridized carbons (Fsp3) is 0.500. The number of rotatable bonds is 3. The van der Waals surface area contributed by atoms with E-state index in [1.54, 1.807) is 6.20 Å². The quantitative estimate of drug-likeness (QED) is 0.802. The molecule has 86 valence electrons. The average molecular weight is 219 g/mol. The molecule has 1 aromatic rings. The molecular formula is C12H17N3O. The molecule has 0 aliphatic carbocycles. The molecule has 1 aliphatic heterocycles. The van der Waals surface area contributed by atoms with Crippen LogP contribution in [0.25, 0.3) is 0 Å². The molecule has 4 heteroatoms. The minimum atomic E-state index is 0.255. The van der Waals surface area contributed by atoms with Gasteiger partial charge in [-0.2, -0.15) is 0 Å². The Hall–Kier alpha value is -1.42. The van der Waals surface area contributed by atoms with Crippen LogP contribution in [-0.2, 0) is 11.2 Å². The number of hydrogen-bond acceptors (Lipinski definition) is 3. The van der Waals surface area contributed by atoms with E-state index >= 15 is 0 Å². The van der Waals surface area contributed by atoms with E-state index in [-0.39, 0.29) is 5.91 Å². The number of aryl methyl sites for hydroxylation is 1. The molecule has 1 aliphatic rings. The third-order valence-corrected chi connectivity index (χ3v) is 2.82. The summed E-state index contributed by atoms with van der Waals surface area (Å²) >= 11 is 0. The van der Waals surface area contributed by atoms with Gasteiger partial charge in [-0.15, -0.1) is 0 Å². The minimum absolute atomic E-state index is 0.255. The predicted molar refractivity (Wildman–Crippen MR) is 62.0 cm³/mol. The van der Waals surface area contributed by atoms with Gasteiger partial charge in [0.25, 0.3) is 0 Å². The Morgan fingerprint density at radius 1 is 1.44 bits per heavy atom. The number of aromatic nitrogens is 1. The van der Waals surface area contributed by atoms with Gasteiger partial charge in [0.2, 0.25) is 5.91 Å². The highest BCUT2D eigenvalue weighted by Gasteiger charge is 2.15. The molecule has 2 heterocycles. The van der Waals surface area contributed by atoms with Crippen molar-refractivity contribution in [2.75, 3.05) is 26.2 Å². The van der Waals surface area contributed by atoms with Crippen molar-refractivity contribution in [2.45, 2.75) is 12.8 Å². The summed E-state index contributed by atoms with van der Waals surface area (Å²) in [6.45, 7) is 3.51. The van der Waals surface area contributed by atoms with Crippen molar-refractivity contribution >= 4 is 5.91 Å². The molecule has 4 nitrogen and oxygen atoms in total. The van der Waals surface area contributed by atoms with Crippen LogP contribution >= 0.6 is 0 Å². The summed E-state index contributed by atoms with van der Waals surface area (Å²) in [4.78, 5) is 17.8. The van der Waals surface area contributed by atoms with Crippen LogP contribution in [0, 0.1) is 0 Å². The Balaban J connectivity index is 1.79. The zero-order valence-electron chi connectivity index (χ0n) is 9.35. The number of hydrogen-bond donors (Lipinski definition) is 1. The molecule has 16 heavy (non-hydrogen) atoms. The first-order chi connectivity index (χ1) is 7.86. The van der Waals surface area contributed by atoms with Crippen LogP contribution < -0.4 is 5.32 Å². The van der Waals surface area contributed by atoms with Crippen molar-refractivity contribution < 1.29 is 4.79 Å². The van der Waals surface area contributed by atoms with Gasteiger partial charge in [-0.05, 0) is 18.1 Å². The van der Waals surface area contributed by atoms with Crippen LogP contribution in [-0.4, -0.2) is 42.0 Å². The zero-order chi connectivity index (χ0) is 11.2. The second-order valence-corrected chi connectivity index (χ2v) is 3.99. The largest absolute Gasteiger partial charge is 0.340 e. The molecule has 1 fully saturated rings. The summed E-state index contributed by atoms with van der Waals surface area (Å²) in [5.41, 5.74) is 1.13. The molecule has 0 atom stereocenters. The maximum atomic E-state index is 11.8. The van der Waals surface area contributed by atoms with Crippen molar-refractivity contribution in [1.82, 2.24) is 15.2 Å². The Bertz CT molecular complexity index is 333. The van der Waals surface area contributed by atoms with Gasteiger partial charge in [0.1, 0.15) is 0 Å². The van der Waals surface area contributed by atoms with Gasteiger partial charge in [-0.3, -0.25) is 9.78 Å². The number of nitrogens with zero attached hydrogens (tertiary/aromatic N) is 2. The number of carbonyl (C=O) groups excluding carboxylic acids is 1. The van der Waals surface area contributed by atoms with Crippen molar-refractivity contribution in [3.05, 3.63) is 30.1 Å². The molecule has 1 N–H and O–H groups in total. The van der Waals surface area contributed by atoms with Gasteiger partial charge in [-0.1, -0.05) is 6.07 Å². The fourth-order valence-corrected chi connectivity index (χ4v) is 1.87. The highest BCUT2D eigenvalue weighted by atomic mass is 16.2. The van der Waals surface area contributed by atoms with Crippen LogP contribution in [0.5, 0.6) is 0 Å². The second-order valence-electron chi connectivity index (χ2n) is 3.99. The Kier molecular flexibility index (Phi) is 3.88. The summed E-state index contributed by atoms with van der Waals surface area (Å²) in [5, 5.41) is 3.24. The number of pyridine rings is 1.